The Bertz CT molecular complexity index is 1080. The van der Waals surface area contributed by atoms with E-state index in [0.717, 1.165) is 74.1 Å². The van der Waals surface area contributed by atoms with Crippen LogP contribution in [0.3, 0.4) is 0 Å². The lowest BCUT2D eigenvalue weighted by Crippen LogP contribution is -3.10. The fourth-order valence-corrected chi connectivity index (χ4v) is 4.90. The molecule has 0 spiro atoms. The third-order valence-corrected chi connectivity index (χ3v) is 6.53. The van der Waals surface area contributed by atoms with Gasteiger partial charge in [0.1, 0.15) is 0 Å². The molecule has 2 fully saturated rings. The monoisotopic (exact) mass is 409 g/mol. The molecule has 158 valence electrons. The Labute approximate surface area is 175 Å². The molecule has 3 aromatic rings. The van der Waals surface area contributed by atoms with E-state index >= 15 is 0 Å². The van der Waals surface area contributed by atoms with Crippen LogP contribution in [0, 0.1) is 0 Å². The van der Waals surface area contributed by atoms with Gasteiger partial charge in [-0.15, -0.1) is 5.10 Å². The van der Waals surface area contributed by atoms with Gasteiger partial charge in [-0.25, -0.2) is 4.68 Å². The number of hydrogen-bond acceptors (Lipinski definition) is 5. The fourth-order valence-electron chi connectivity index (χ4n) is 4.90. The van der Waals surface area contributed by atoms with Crippen LogP contribution in [0.2, 0.25) is 0 Å². The topological polar surface area (TPSA) is 90.1 Å². The van der Waals surface area contributed by atoms with Crippen molar-refractivity contribution in [2.45, 2.75) is 57.7 Å². The van der Waals surface area contributed by atoms with Crippen molar-refractivity contribution < 1.29 is 9.64 Å². The van der Waals surface area contributed by atoms with Crippen LogP contribution in [0.25, 0.3) is 10.9 Å². The van der Waals surface area contributed by atoms with Gasteiger partial charge in [0.05, 0.1) is 31.3 Å². The van der Waals surface area contributed by atoms with E-state index < -0.39 is 0 Å². The first-order valence-corrected chi connectivity index (χ1v) is 11.1. The molecule has 2 atom stereocenters. The average Bonchev–Trinajstić information content (AvgIpc) is 3.53. The van der Waals surface area contributed by atoms with Crippen LogP contribution in [0.15, 0.2) is 29.1 Å². The highest BCUT2D eigenvalue weighted by molar-refractivity contribution is 5.79. The maximum atomic E-state index is 13.2. The molecule has 0 unspecified atom stereocenters. The second kappa shape index (κ2) is 8.28. The van der Waals surface area contributed by atoms with E-state index in [4.69, 9.17) is 4.74 Å². The number of benzene rings is 1. The molecule has 0 radical (unpaired) electrons. The number of pyridine rings is 1. The Balaban J connectivity index is 1.59. The highest BCUT2D eigenvalue weighted by Gasteiger charge is 2.36. The summed E-state index contributed by atoms with van der Waals surface area (Å²) in [7, 11) is 0. The van der Waals surface area contributed by atoms with Crippen molar-refractivity contribution in [3.05, 3.63) is 51.6 Å². The van der Waals surface area contributed by atoms with Gasteiger partial charge in [0.25, 0.3) is 5.56 Å². The van der Waals surface area contributed by atoms with Crippen LogP contribution in [0.5, 0.6) is 0 Å². The number of tetrazole rings is 1. The second-order valence-corrected chi connectivity index (χ2v) is 8.48. The Hall–Kier alpha value is -2.58. The number of nitrogens with zero attached hydrogens (tertiary/aromatic N) is 4. The zero-order valence-electron chi connectivity index (χ0n) is 17.4. The van der Waals surface area contributed by atoms with E-state index in [-0.39, 0.29) is 17.7 Å². The van der Waals surface area contributed by atoms with Crippen LogP contribution >= 0.6 is 0 Å². The molecule has 0 saturated carbocycles. The van der Waals surface area contributed by atoms with Gasteiger partial charge in [-0.05, 0) is 58.8 Å². The highest BCUT2D eigenvalue weighted by Crippen LogP contribution is 2.22. The minimum absolute atomic E-state index is 0.0529. The van der Waals surface area contributed by atoms with Gasteiger partial charge >= 0.3 is 0 Å². The number of nitrogens with one attached hydrogen (secondary N) is 2. The molecule has 30 heavy (non-hydrogen) atoms. The molecule has 0 amide bonds. The first-order chi connectivity index (χ1) is 14.7. The van der Waals surface area contributed by atoms with E-state index in [1.807, 2.05) is 10.7 Å². The summed E-state index contributed by atoms with van der Waals surface area (Å²) in [5.74, 6) is 0.763. The van der Waals surface area contributed by atoms with Crippen LogP contribution in [0.4, 0.5) is 0 Å². The molecular formula is C22H29N6O2+. The van der Waals surface area contributed by atoms with Crippen molar-refractivity contribution in [2.24, 2.45) is 0 Å². The number of fused-ring (bicyclic) bond motifs is 1. The number of aromatic amines is 1. The predicted octanol–water partition coefficient (Wildman–Crippen LogP) is 1.02. The SMILES string of the molecule is CCc1ccc2[nH]c(=O)c([C@@H](c3nnnn3C[C@@H]3CCCO3)[NH+]3CCCC3)cc2c1. The molecule has 0 bridgehead atoms. The molecule has 2 N–H and O–H groups in total. The summed E-state index contributed by atoms with van der Waals surface area (Å²) in [4.78, 5) is 17.6. The number of likely N-dealkylation sites (tertiary alicyclic amines) is 1. The second-order valence-electron chi connectivity index (χ2n) is 8.48. The zero-order valence-corrected chi connectivity index (χ0v) is 17.4. The van der Waals surface area contributed by atoms with Crippen LogP contribution in [0.1, 0.15) is 55.6 Å². The third-order valence-electron chi connectivity index (χ3n) is 6.53. The van der Waals surface area contributed by atoms with Gasteiger partial charge in [-0.1, -0.05) is 13.0 Å². The fraction of sp³-hybridized carbons (Fsp3) is 0.545. The lowest BCUT2D eigenvalue weighted by molar-refractivity contribution is -0.914. The molecule has 2 aromatic heterocycles. The van der Waals surface area contributed by atoms with Gasteiger partial charge in [0.2, 0.25) is 5.82 Å². The van der Waals surface area contributed by atoms with Crippen molar-refractivity contribution in [2.75, 3.05) is 19.7 Å². The quantitative estimate of drug-likeness (QED) is 0.635. The number of rotatable bonds is 6. The summed E-state index contributed by atoms with van der Waals surface area (Å²) in [6.45, 7) is 5.61. The summed E-state index contributed by atoms with van der Waals surface area (Å²) in [6.07, 6.45) is 5.52. The minimum atomic E-state index is -0.178. The molecule has 2 aliphatic rings. The molecule has 4 heterocycles. The smallest absolute Gasteiger partial charge is 0.258 e. The van der Waals surface area contributed by atoms with Gasteiger partial charge in [-0.2, -0.15) is 0 Å². The van der Waals surface area contributed by atoms with Crippen LogP contribution in [-0.4, -0.2) is 51.0 Å². The molecule has 8 nitrogen and oxygen atoms in total. The number of hydrogen-bond donors (Lipinski definition) is 2. The third kappa shape index (κ3) is 3.65. The van der Waals surface area contributed by atoms with Gasteiger partial charge in [0, 0.05) is 25.0 Å². The predicted molar refractivity (Wildman–Crippen MR) is 113 cm³/mol. The Morgan fingerprint density at radius 3 is 2.90 bits per heavy atom. The van der Waals surface area contributed by atoms with E-state index in [2.05, 4.69) is 45.6 Å². The van der Waals surface area contributed by atoms with Gasteiger partial charge in [0.15, 0.2) is 6.04 Å². The normalized spacial score (nSPS) is 20.9. The largest absolute Gasteiger partial charge is 0.376 e. The molecular weight excluding hydrogens is 380 g/mol. The first-order valence-electron chi connectivity index (χ1n) is 11.1. The summed E-state index contributed by atoms with van der Waals surface area (Å²) in [6, 6.07) is 8.11. The minimum Gasteiger partial charge on any atom is -0.376 e. The zero-order chi connectivity index (χ0) is 20.5. The standard InChI is InChI=1S/C22H28N6O2/c1-2-15-7-8-19-16(12-15)13-18(22(29)23-19)20(27-9-3-4-10-27)21-24-25-26-28(21)14-17-6-5-11-30-17/h7-8,12-13,17,20H,2-6,9-11,14H2,1H3,(H,23,29)/p+1/t17-,20-/m0/s1. The Morgan fingerprint density at radius 1 is 1.27 bits per heavy atom. The molecule has 0 aliphatic carbocycles. The molecule has 1 aromatic carbocycles. The summed E-state index contributed by atoms with van der Waals surface area (Å²) < 4.78 is 7.67. The van der Waals surface area contributed by atoms with E-state index in [1.165, 1.54) is 10.5 Å². The van der Waals surface area contributed by atoms with Gasteiger partial charge in [-0.3, -0.25) is 4.79 Å². The van der Waals surface area contributed by atoms with Gasteiger partial charge < -0.3 is 14.6 Å². The molecule has 2 aliphatic heterocycles. The van der Waals surface area contributed by atoms with Crippen molar-refractivity contribution in [1.82, 2.24) is 25.2 Å². The van der Waals surface area contributed by atoms with Crippen molar-refractivity contribution >= 4 is 10.9 Å². The maximum absolute atomic E-state index is 13.2. The number of aryl methyl sites for hydroxylation is 1. The molecule has 8 heteroatoms. The Kier molecular flexibility index (Phi) is 5.35. The number of H-pyrrole nitrogens is 1. The lowest BCUT2D eigenvalue weighted by atomic mass is 10.0. The van der Waals surface area contributed by atoms with E-state index in [0.29, 0.717) is 6.54 Å². The summed E-state index contributed by atoms with van der Waals surface area (Å²) in [5.41, 5.74) is 2.82. The number of ether oxygens (including phenoxy) is 1. The Morgan fingerprint density at radius 2 is 2.13 bits per heavy atom. The molecule has 5 rings (SSSR count). The maximum Gasteiger partial charge on any atom is 0.258 e. The molecule has 2 saturated heterocycles. The van der Waals surface area contributed by atoms with Crippen LogP contribution < -0.4 is 10.5 Å². The average molecular weight is 410 g/mol. The summed E-state index contributed by atoms with van der Waals surface area (Å²) >= 11 is 0. The lowest BCUT2D eigenvalue weighted by Gasteiger charge is -2.24. The van der Waals surface area contributed by atoms with E-state index in [1.54, 1.807) is 0 Å². The number of quaternary nitrogens is 1. The highest BCUT2D eigenvalue weighted by atomic mass is 16.5. The van der Waals surface area contributed by atoms with Crippen molar-refractivity contribution in [3.8, 4) is 0 Å². The van der Waals surface area contributed by atoms with Crippen LogP contribution in [-0.2, 0) is 17.7 Å². The van der Waals surface area contributed by atoms with Crippen molar-refractivity contribution in [3.63, 3.8) is 0 Å². The first kappa shape index (κ1) is 19.4. The number of aromatic nitrogens is 5. The summed E-state index contributed by atoms with van der Waals surface area (Å²) in [5, 5.41) is 13.7. The van der Waals surface area contributed by atoms with Crippen molar-refractivity contribution in [1.29, 1.82) is 0 Å². The van der Waals surface area contributed by atoms with E-state index in [9.17, 15) is 4.79 Å².